The van der Waals surface area contributed by atoms with Crippen molar-refractivity contribution < 1.29 is 14.2 Å². The van der Waals surface area contributed by atoms with Crippen LogP contribution in [0.3, 0.4) is 0 Å². The molecule has 0 aromatic heterocycles. The van der Waals surface area contributed by atoms with Crippen LogP contribution in [0.25, 0.3) is 0 Å². The van der Waals surface area contributed by atoms with Crippen LogP contribution in [0.4, 0.5) is 0 Å². The molecular weight excluding hydrogens is 398 g/mol. The van der Waals surface area contributed by atoms with Gasteiger partial charge in [-0.25, -0.2) is 0 Å². The molecule has 3 aromatic rings. The van der Waals surface area contributed by atoms with Gasteiger partial charge in [0.25, 0.3) is 0 Å². The van der Waals surface area contributed by atoms with Crippen molar-refractivity contribution in [3.63, 3.8) is 0 Å². The quantitative estimate of drug-likeness (QED) is 0.402. The first kappa shape index (κ1) is 22.0. The zero-order valence-corrected chi connectivity index (χ0v) is 18.2. The van der Waals surface area contributed by atoms with Gasteiger partial charge in [0.2, 0.25) is 0 Å². The first-order valence-corrected chi connectivity index (χ1v) is 10.5. The van der Waals surface area contributed by atoms with Crippen LogP contribution >= 0.6 is 11.6 Å². The highest BCUT2D eigenvalue weighted by atomic mass is 35.5. The van der Waals surface area contributed by atoms with Gasteiger partial charge in [-0.05, 0) is 43.7 Å². The van der Waals surface area contributed by atoms with Crippen molar-refractivity contribution in [3.8, 4) is 17.2 Å². The molecule has 5 heteroatoms. The Hall–Kier alpha value is -2.69. The standard InChI is InChI=1S/C25H28ClNO3/c1-3-29-24-14-8-11-20(25(24)30-18-21-10-4-6-12-22(21)26)17-27-16-15-19-9-5-7-13-23(19)28-2/h4-14,27H,3,15-18H2,1-2H3. The van der Waals surface area contributed by atoms with Gasteiger partial charge in [0.05, 0.1) is 13.7 Å². The summed E-state index contributed by atoms with van der Waals surface area (Å²) in [6.07, 6.45) is 0.880. The Balaban J connectivity index is 1.66. The fourth-order valence-corrected chi connectivity index (χ4v) is 3.44. The van der Waals surface area contributed by atoms with E-state index in [0.29, 0.717) is 24.8 Å². The number of ether oxygens (including phenoxy) is 3. The number of para-hydroxylation sites is 2. The second kappa shape index (κ2) is 11.5. The minimum absolute atomic E-state index is 0.387. The molecule has 0 atom stereocenters. The van der Waals surface area contributed by atoms with Crippen LogP contribution in [0.5, 0.6) is 17.2 Å². The summed E-state index contributed by atoms with van der Waals surface area (Å²) in [7, 11) is 1.70. The summed E-state index contributed by atoms with van der Waals surface area (Å²) in [6.45, 7) is 4.43. The minimum atomic E-state index is 0.387. The SMILES string of the molecule is CCOc1cccc(CNCCc2ccccc2OC)c1OCc1ccccc1Cl. The molecule has 0 radical (unpaired) electrons. The molecular formula is C25H28ClNO3. The molecule has 0 heterocycles. The highest BCUT2D eigenvalue weighted by molar-refractivity contribution is 6.31. The average molecular weight is 426 g/mol. The molecule has 0 saturated carbocycles. The van der Waals surface area contributed by atoms with E-state index >= 15 is 0 Å². The van der Waals surface area contributed by atoms with Crippen LogP contribution < -0.4 is 19.5 Å². The topological polar surface area (TPSA) is 39.7 Å². The highest BCUT2D eigenvalue weighted by Crippen LogP contribution is 2.33. The van der Waals surface area contributed by atoms with Gasteiger partial charge in [-0.3, -0.25) is 0 Å². The number of rotatable bonds is 11. The molecule has 3 rings (SSSR count). The second-order valence-corrected chi connectivity index (χ2v) is 7.20. The third-order valence-corrected chi connectivity index (χ3v) is 5.14. The summed E-state index contributed by atoms with van der Waals surface area (Å²) in [4.78, 5) is 0. The van der Waals surface area contributed by atoms with Crippen molar-refractivity contribution in [1.82, 2.24) is 5.32 Å². The van der Waals surface area contributed by atoms with Gasteiger partial charge >= 0.3 is 0 Å². The summed E-state index contributed by atoms with van der Waals surface area (Å²) in [5, 5.41) is 4.20. The van der Waals surface area contributed by atoms with Gasteiger partial charge in [-0.1, -0.05) is 60.1 Å². The van der Waals surface area contributed by atoms with E-state index in [4.69, 9.17) is 25.8 Å². The van der Waals surface area contributed by atoms with Crippen LogP contribution in [0.15, 0.2) is 66.7 Å². The first-order valence-electron chi connectivity index (χ1n) is 10.2. The summed E-state index contributed by atoms with van der Waals surface area (Å²) in [6, 6.07) is 21.8. The summed E-state index contributed by atoms with van der Waals surface area (Å²) < 4.78 is 17.4. The molecule has 0 unspecified atom stereocenters. The fraction of sp³-hybridized carbons (Fsp3) is 0.280. The zero-order chi connectivity index (χ0) is 21.2. The Bertz CT molecular complexity index is 945. The third-order valence-electron chi connectivity index (χ3n) is 4.77. The van der Waals surface area contributed by atoms with Crippen molar-refractivity contribution in [2.45, 2.75) is 26.5 Å². The van der Waals surface area contributed by atoms with Crippen molar-refractivity contribution in [2.24, 2.45) is 0 Å². The van der Waals surface area contributed by atoms with Crippen LogP contribution in [0.2, 0.25) is 5.02 Å². The predicted molar refractivity (Wildman–Crippen MR) is 122 cm³/mol. The van der Waals surface area contributed by atoms with Crippen LogP contribution in [-0.4, -0.2) is 20.3 Å². The molecule has 0 saturated heterocycles. The lowest BCUT2D eigenvalue weighted by atomic mass is 10.1. The van der Waals surface area contributed by atoms with Gasteiger partial charge in [0, 0.05) is 22.7 Å². The molecule has 0 spiro atoms. The van der Waals surface area contributed by atoms with E-state index in [1.807, 2.05) is 61.5 Å². The highest BCUT2D eigenvalue weighted by Gasteiger charge is 2.12. The maximum atomic E-state index is 6.28. The number of halogens is 1. The van der Waals surface area contributed by atoms with Gasteiger partial charge in [-0.2, -0.15) is 0 Å². The number of methoxy groups -OCH3 is 1. The van der Waals surface area contributed by atoms with E-state index in [2.05, 4.69) is 17.4 Å². The Labute approximate surface area is 183 Å². The molecule has 0 aliphatic carbocycles. The maximum absolute atomic E-state index is 6.28. The van der Waals surface area contributed by atoms with Crippen molar-refractivity contribution >= 4 is 11.6 Å². The summed E-state index contributed by atoms with van der Waals surface area (Å²) in [5.74, 6) is 2.42. The minimum Gasteiger partial charge on any atom is -0.496 e. The Morgan fingerprint density at radius 3 is 2.27 bits per heavy atom. The van der Waals surface area contributed by atoms with Crippen LogP contribution in [0, 0.1) is 0 Å². The maximum Gasteiger partial charge on any atom is 0.166 e. The normalized spacial score (nSPS) is 10.6. The number of hydrogen-bond acceptors (Lipinski definition) is 4. The fourth-order valence-electron chi connectivity index (χ4n) is 3.25. The molecule has 1 N–H and O–H groups in total. The largest absolute Gasteiger partial charge is 0.496 e. The monoisotopic (exact) mass is 425 g/mol. The molecule has 4 nitrogen and oxygen atoms in total. The van der Waals surface area contributed by atoms with Crippen LogP contribution in [0.1, 0.15) is 23.6 Å². The predicted octanol–water partition coefficient (Wildman–Crippen LogP) is 5.66. The summed E-state index contributed by atoms with van der Waals surface area (Å²) >= 11 is 6.28. The van der Waals surface area contributed by atoms with E-state index in [1.54, 1.807) is 7.11 Å². The van der Waals surface area contributed by atoms with E-state index in [-0.39, 0.29) is 0 Å². The van der Waals surface area contributed by atoms with Gasteiger partial charge in [0.1, 0.15) is 12.4 Å². The number of benzene rings is 3. The lowest BCUT2D eigenvalue weighted by molar-refractivity contribution is 0.266. The average Bonchev–Trinajstić information content (AvgIpc) is 2.77. The number of nitrogens with one attached hydrogen (secondary N) is 1. The molecule has 0 aliphatic heterocycles. The number of hydrogen-bond donors (Lipinski definition) is 1. The van der Waals surface area contributed by atoms with E-state index < -0.39 is 0 Å². The Morgan fingerprint density at radius 1 is 0.800 bits per heavy atom. The van der Waals surface area contributed by atoms with Crippen molar-refractivity contribution in [1.29, 1.82) is 0 Å². The Kier molecular flexibility index (Phi) is 8.42. The smallest absolute Gasteiger partial charge is 0.166 e. The van der Waals surface area contributed by atoms with Gasteiger partial charge in [-0.15, -0.1) is 0 Å². The van der Waals surface area contributed by atoms with E-state index in [0.717, 1.165) is 41.3 Å². The summed E-state index contributed by atoms with van der Waals surface area (Å²) in [5.41, 5.74) is 3.18. The molecule has 158 valence electrons. The van der Waals surface area contributed by atoms with Crippen molar-refractivity contribution in [2.75, 3.05) is 20.3 Å². The van der Waals surface area contributed by atoms with Gasteiger partial charge < -0.3 is 19.5 Å². The lowest BCUT2D eigenvalue weighted by Crippen LogP contribution is -2.18. The third kappa shape index (κ3) is 5.91. The molecule has 0 bridgehead atoms. The van der Waals surface area contributed by atoms with Gasteiger partial charge in [0.15, 0.2) is 11.5 Å². The van der Waals surface area contributed by atoms with Crippen molar-refractivity contribution in [3.05, 3.63) is 88.4 Å². The molecule has 0 amide bonds. The molecule has 0 fully saturated rings. The second-order valence-electron chi connectivity index (χ2n) is 6.80. The molecule has 3 aromatic carbocycles. The lowest BCUT2D eigenvalue weighted by Gasteiger charge is -2.17. The van der Waals surface area contributed by atoms with Crippen LogP contribution in [-0.2, 0) is 19.6 Å². The molecule has 30 heavy (non-hydrogen) atoms. The Morgan fingerprint density at radius 2 is 1.50 bits per heavy atom. The van der Waals surface area contributed by atoms with E-state index in [9.17, 15) is 0 Å². The van der Waals surface area contributed by atoms with E-state index in [1.165, 1.54) is 5.56 Å². The zero-order valence-electron chi connectivity index (χ0n) is 17.5. The molecule has 0 aliphatic rings. The first-order chi connectivity index (χ1) is 14.7.